The zero-order chi connectivity index (χ0) is 14.7. The summed E-state index contributed by atoms with van der Waals surface area (Å²) in [6.07, 6.45) is 0.817. The molecular formula is C14H14N2O4S. The minimum absolute atomic E-state index is 0.0254. The molecule has 1 N–H and O–H groups in total. The summed E-state index contributed by atoms with van der Waals surface area (Å²) in [6, 6.07) is 7.92. The van der Waals surface area contributed by atoms with E-state index in [4.69, 9.17) is 14.4 Å². The second kappa shape index (κ2) is 6.17. The largest absolute Gasteiger partial charge is 0.493 e. The Morgan fingerprint density at radius 1 is 1.43 bits per heavy atom. The lowest BCUT2D eigenvalue weighted by atomic mass is 9.96. The van der Waals surface area contributed by atoms with Crippen LogP contribution in [0.15, 0.2) is 28.8 Å². The molecule has 0 bridgehead atoms. The van der Waals surface area contributed by atoms with Gasteiger partial charge in [0.05, 0.1) is 24.0 Å². The van der Waals surface area contributed by atoms with E-state index in [9.17, 15) is 4.79 Å². The molecule has 1 aromatic carbocycles. The Balaban J connectivity index is 1.63. The monoisotopic (exact) mass is 306 g/mol. The summed E-state index contributed by atoms with van der Waals surface area (Å²) in [7, 11) is 0. The molecule has 2 heterocycles. The molecule has 0 radical (unpaired) electrons. The second-order valence-corrected chi connectivity index (χ2v) is 5.74. The van der Waals surface area contributed by atoms with Gasteiger partial charge >= 0.3 is 5.97 Å². The van der Waals surface area contributed by atoms with Crippen molar-refractivity contribution in [1.29, 1.82) is 0 Å². The molecule has 1 unspecified atom stereocenters. The highest BCUT2D eigenvalue weighted by Crippen LogP contribution is 2.31. The molecular weight excluding hydrogens is 292 g/mol. The fourth-order valence-corrected chi connectivity index (χ4v) is 2.78. The van der Waals surface area contributed by atoms with Gasteiger partial charge in [0.1, 0.15) is 5.75 Å². The maximum Gasteiger partial charge on any atom is 0.313 e. The summed E-state index contributed by atoms with van der Waals surface area (Å²) in [5, 5.41) is 12.6. The van der Waals surface area contributed by atoms with Gasteiger partial charge in [0.2, 0.25) is 5.89 Å². The van der Waals surface area contributed by atoms with Gasteiger partial charge in [-0.25, -0.2) is 0 Å². The number of carboxylic acid groups (broad SMARTS) is 1. The summed E-state index contributed by atoms with van der Waals surface area (Å²) in [5.41, 5.74) is 1.14. The van der Waals surface area contributed by atoms with Crippen LogP contribution < -0.4 is 4.74 Å². The van der Waals surface area contributed by atoms with Crippen LogP contribution in [0.2, 0.25) is 0 Å². The van der Waals surface area contributed by atoms with Gasteiger partial charge in [-0.3, -0.25) is 4.79 Å². The Morgan fingerprint density at radius 3 is 3.14 bits per heavy atom. The number of carbonyl (C=O) groups is 1. The lowest BCUT2D eigenvalue weighted by molar-refractivity contribution is -0.133. The van der Waals surface area contributed by atoms with Gasteiger partial charge in [-0.05, 0) is 18.1 Å². The van der Waals surface area contributed by atoms with E-state index in [1.54, 1.807) is 0 Å². The predicted molar refractivity (Wildman–Crippen MR) is 76.5 cm³/mol. The Morgan fingerprint density at radius 2 is 2.29 bits per heavy atom. The number of fused-ring (bicyclic) bond motifs is 1. The molecule has 0 saturated carbocycles. The van der Waals surface area contributed by atoms with Gasteiger partial charge in [0.25, 0.3) is 0 Å². The number of carboxylic acids is 1. The zero-order valence-electron chi connectivity index (χ0n) is 11.2. The molecule has 0 amide bonds. The van der Waals surface area contributed by atoms with E-state index in [1.165, 1.54) is 11.8 Å². The second-order valence-electron chi connectivity index (χ2n) is 4.75. The number of hydrogen-bond acceptors (Lipinski definition) is 6. The Kier molecular flexibility index (Phi) is 4.10. The SMILES string of the molecule is O=C(O)CSCc1nc(C2COc3ccccc3C2)no1. The van der Waals surface area contributed by atoms with Crippen LogP contribution in [0.5, 0.6) is 5.75 Å². The number of nitrogens with zero attached hydrogens (tertiary/aromatic N) is 2. The highest BCUT2D eigenvalue weighted by Gasteiger charge is 2.25. The molecule has 110 valence electrons. The van der Waals surface area contributed by atoms with Crippen LogP contribution >= 0.6 is 11.8 Å². The number of benzene rings is 1. The topological polar surface area (TPSA) is 85.5 Å². The minimum Gasteiger partial charge on any atom is -0.493 e. The molecule has 6 nitrogen and oxygen atoms in total. The highest BCUT2D eigenvalue weighted by atomic mass is 32.2. The van der Waals surface area contributed by atoms with Crippen molar-refractivity contribution in [1.82, 2.24) is 10.1 Å². The van der Waals surface area contributed by atoms with E-state index in [2.05, 4.69) is 10.1 Å². The maximum atomic E-state index is 10.5. The first-order valence-electron chi connectivity index (χ1n) is 6.55. The lowest BCUT2D eigenvalue weighted by Gasteiger charge is -2.22. The van der Waals surface area contributed by atoms with Crippen molar-refractivity contribution in [3.8, 4) is 5.75 Å². The molecule has 1 aromatic heterocycles. The van der Waals surface area contributed by atoms with Gasteiger partial charge < -0.3 is 14.4 Å². The van der Waals surface area contributed by atoms with Gasteiger partial charge in [0, 0.05) is 0 Å². The van der Waals surface area contributed by atoms with E-state index in [0.29, 0.717) is 24.1 Å². The molecule has 0 spiro atoms. The van der Waals surface area contributed by atoms with E-state index in [-0.39, 0.29) is 11.7 Å². The van der Waals surface area contributed by atoms with Crippen molar-refractivity contribution in [3.05, 3.63) is 41.5 Å². The van der Waals surface area contributed by atoms with E-state index in [1.807, 2.05) is 24.3 Å². The van der Waals surface area contributed by atoms with E-state index >= 15 is 0 Å². The Hall–Kier alpha value is -2.02. The molecule has 21 heavy (non-hydrogen) atoms. The maximum absolute atomic E-state index is 10.5. The number of aliphatic carboxylic acids is 1. The number of rotatable bonds is 5. The van der Waals surface area contributed by atoms with Crippen LogP contribution in [0.1, 0.15) is 23.2 Å². The number of hydrogen-bond donors (Lipinski definition) is 1. The standard InChI is InChI=1S/C14H14N2O4S/c17-13(18)8-21-7-12-15-14(16-20-12)10-5-9-3-1-2-4-11(9)19-6-10/h1-4,10H,5-8H2,(H,17,18). The summed E-state index contributed by atoms with van der Waals surface area (Å²) >= 11 is 1.24. The third kappa shape index (κ3) is 3.36. The first-order chi connectivity index (χ1) is 10.2. The van der Waals surface area contributed by atoms with Crippen molar-refractivity contribution in [2.24, 2.45) is 0 Å². The zero-order valence-corrected chi connectivity index (χ0v) is 12.0. The van der Waals surface area contributed by atoms with Gasteiger partial charge in [-0.1, -0.05) is 23.4 Å². The average molecular weight is 306 g/mol. The predicted octanol–water partition coefficient (Wildman–Crippen LogP) is 2.11. The van der Waals surface area contributed by atoms with Crippen LogP contribution in [-0.2, 0) is 17.0 Å². The van der Waals surface area contributed by atoms with Crippen molar-refractivity contribution < 1.29 is 19.2 Å². The third-order valence-electron chi connectivity index (χ3n) is 3.18. The van der Waals surface area contributed by atoms with Crippen LogP contribution in [0.4, 0.5) is 0 Å². The normalized spacial score (nSPS) is 17.0. The summed E-state index contributed by atoms with van der Waals surface area (Å²) < 4.78 is 10.9. The van der Waals surface area contributed by atoms with Gasteiger partial charge in [0.15, 0.2) is 5.82 Å². The first-order valence-corrected chi connectivity index (χ1v) is 7.70. The quantitative estimate of drug-likeness (QED) is 0.905. The summed E-state index contributed by atoms with van der Waals surface area (Å²) in [6.45, 7) is 0.526. The molecule has 0 saturated heterocycles. The highest BCUT2D eigenvalue weighted by molar-refractivity contribution is 7.99. The molecule has 3 rings (SSSR count). The van der Waals surface area contributed by atoms with Crippen LogP contribution in [0, 0.1) is 0 Å². The van der Waals surface area contributed by atoms with Crippen molar-refractivity contribution in [3.63, 3.8) is 0 Å². The summed E-state index contributed by atoms with van der Waals surface area (Å²) in [5.74, 6) is 1.64. The molecule has 1 aliphatic rings. The number of para-hydroxylation sites is 1. The molecule has 7 heteroatoms. The number of thioether (sulfide) groups is 1. The fourth-order valence-electron chi connectivity index (χ4n) is 2.21. The fraction of sp³-hybridized carbons (Fsp3) is 0.357. The number of aromatic nitrogens is 2. The van der Waals surface area contributed by atoms with Gasteiger partial charge in [-0.15, -0.1) is 11.8 Å². The average Bonchev–Trinajstić information content (AvgIpc) is 2.95. The van der Waals surface area contributed by atoms with Crippen molar-refractivity contribution in [2.45, 2.75) is 18.1 Å². The Labute approximate surface area is 125 Å². The lowest BCUT2D eigenvalue weighted by Crippen LogP contribution is -2.20. The van der Waals surface area contributed by atoms with Gasteiger partial charge in [-0.2, -0.15) is 4.98 Å². The van der Waals surface area contributed by atoms with Crippen LogP contribution in [-0.4, -0.2) is 33.6 Å². The van der Waals surface area contributed by atoms with Crippen molar-refractivity contribution in [2.75, 3.05) is 12.4 Å². The smallest absolute Gasteiger partial charge is 0.313 e. The molecule has 0 aliphatic carbocycles. The number of ether oxygens (including phenoxy) is 1. The summed E-state index contributed by atoms with van der Waals surface area (Å²) in [4.78, 5) is 14.8. The van der Waals surface area contributed by atoms with E-state index < -0.39 is 5.97 Å². The first kappa shape index (κ1) is 13.9. The molecule has 1 aliphatic heterocycles. The molecule has 0 fully saturated rings. The minimum atomic E-state index is -0.850. The van der Waals surface area contributed by atoms with Crippen molar-refractivity contribution >= 4 is 17.7 Å². The van der Waals surface area contributed by atoms with Crippen LogP contribution in [0.25, 0.3) is 0 Å². The van der Waals surface area contributed by atoms with E-state index in [0.717, 1.165) is 17.7 Å². The molecule has 2 aromatic rings. The molecule has 1 atom stereocenters. The third-order valence-corrected chi connectivity index (χ3v) is 4.08. The Bertz CT molecular complexity index is 643. The van der Waals surface area contributed by atoms with Crippen LogP contribution in [0.3, 0.4) is 0 Å².